The predicted molar refractivity (Wildman–Crippen MR) is 135 cm³/mol. The van der Waals surface area contributed by atoms with Gasteiger partial charge in [0.25, 0.3) is 0 Å². The molecular weight excluding hydrogens is 410 g/mol. The van der Waals surface area contributed by atoms with Crippen LogP contribution in [-0.4, -0.2) is 52.4 Å². The maximum atomic E-state index is 12.8. The Balaban J connectivity index is 1.70. The highest BCUT2D eigenvalue weighted by Crippen LogP contribution is 2.37. The number of carbonyl (C=O) groups is 1. The van der Waals surface area contributed by atoms with Crippen molar-refractivity contribution in [2.24, 2.45) is 0 Å². The number of hydrogen-bond acceptors (Lipinski definition) is 5. The molecule has 1 fully saturated rings. The molecule has 0 radical (unpaired) electrons. The first kappa shape index (κ1) is 21.6. The van der Waals surface area contributed by atoms with Crippen molar-refractivity contribution in [3.8, 4) is 11.1 Å². The monoisotopic (exact) mass is 441 g/mol. The molecule has 6 heteroatoms. The van der Waals surface area contributed by atoms with Gasteiger partial charge in [0.05, 0.1) is 40.8 Å². The van der Waals surface area contributed by atoms with Crippen LogP contribution in [0, 0.1) is 0 Å². The van der Waals surface area contributed by atoms with Crippen molar-refractivity contribution >= 4 is 33.4 Å². The van der Waals surface area contributed by atoms with Gasteiger partial charge in [-0.15, -0.1) is 0 Å². The SMILES string of the molecule is CC(=O)c1cnc2ccc(-c3ccc4nc[nH]c4c3)cc2c1N(CN(C)C)C1CCCCC1. The van der Waals surface area contributed by atoms with Gasteiger partial charge in [0, 0.05) is 17.6 Å². The minimum absolute atomic E-state index is 0.0586. The minimum Gasteiger partial charge on any atom is -0.354 e. The van der Waals surface area contributed by atoms with Crippen LogP contribution in [0.1, 0.15) is 49.4 Å². The van der Waals surface area contributed by atoms with E-state index in [4.69, 9.17) is 0 Å². The van der Waals surface area contributed by atoms with Crippen LogP contribution in [0.3, 0.4) is 0 Å². The van der Waals surface area contributed by atoms with Crippen molar-refractivity contribution in [1.82, 2.24) is 19.9 Å². The molecule has 0 aliphatic heterocycles. The Morgan fingerprint density at radius 3 is 2.45 bits per heavy atom. The maximum absolute atomic E-state index is 12.8. The zero-order valence-electron chi connectivity index (χ0n) is 19.6. The number of carbonyl (C=O) groups excluding carboxylic acids is 1. The summed E-state index contributed by atoms with van der Waals surface area (Å²) in [5, 5.41) is 1.04. The third kappa shape index (κ3) is 4.23. The molecule has 6 nitrogen and oxygen atoms in total. The molecule has 0 saturated heterocycles. The van der Waals surface area contributed by atoms with Crippen molar-refractivity contribution in [2.45, 2.75) is 45.1 Å². The zero-order chi connectivity index (χ0) is 22.9. The van der Waals surface area contributed by atoms with Gasteiger partial charge in [-0.2, -0.15) is 0 Å². The molecule has 2 aromatic carbocycles. The molecule has 5 rings (SSSR count). The molecule has 170 valence electrons. The molecule has 0 bridgehead atoms. The lowest BCUT2D eigenvalue weighted by Gasteiger charge is -2.39. The predicted octanol–water partition coefficient (Wildman–Crippen LogP) is 5.64. The standard InChI is InChI=1S/C27H31N5O/c1-18(33)23-15-28-24-11-9-19(20-10-12-25-26(14-20)30-16-29-25)13-22(24)27(23)32(17-31(2)3)21-7-5-4-6-8-21/h9-16,21H,4-8,17H2,1-3H3,(H,29,30). The molecule has 0 amide bonds. The van der Waals surface area contributed by atoms with Gasteiger partial charge in [-0.05, 0) is 69.3 Å². The fourth-order valence-electron chi connectivity index (χ4n) is 5.11. The number of nitrogens with one attached hydrogen (secondary N) is 1. The molecule has 0 unspecified atom stereocenters. The maximum Gasteiger partial charge on any atom is 0.163 e. The molecular formula is C27H31N5O. The number of H-pyrrole nitrogens is 1. The lowest BCUT2D eigenvalue weighted by Crippen LogP contribution is -2.43. The smallest absolute Gasteiger partial charge is 0.163 e. The first-order valence-electron chi connectivity index (χ1n) is 11.8. The van der Waals surface area contributed by atoms with Crippen LogP contribution in [0.2, 0.25) is 0 Å². The third-order valence-electron chi connectivity index (χ3n) is 6.71. The van der Waals surface area contributed by atoms with Crippen LogP contribution in [-0.2, 0) is 0 Å². The molecule has 1 N–H and O–H groups in total. The molecule has 33 heavy (non-hydrogen) atoms. The van der Waals surface area contributed by atoms with E-state index in [1.807, 2.05) is 6.07 Å². The van der Waals surface area contributed by atoms with Gasteiger partial charge in [0.1, 0.15) is 0 Å². The van der Waals surface area contributed by atoms with Crippen molar-refractivity contribution < 1.29 is 4.79 Å². The van der Waals surface area contributed by atoms with E-state index in [9.17, 15) is 4.79 Å². The van der Waals surface area contributed by atoms with Crippen molar-refractivity contribution in [3.63, 3.8) is 0 Å². The summed E-state index contributed by atoms with van der Waals surface area (Å²) in [5.41, 5.74) is 6.84. The second-order valence-electron chi connectivity index (χ2n) is 9.43. The fraction of sp³-hybridized carbons (Fsp3) is 0.370. The number of fused-ring (bicyclic) bond motifs is 2. The molecule has 0 spiro atoms. The van der Waals surface area contributed by atoms with E-state index >= 15 is 0 Å². The summed E-state index contributed by atoms with van der Waals surface area (Å²) in [5.74, 6) is 0.0586. The first-order chi connectivity index (χ1) is 16.0. The number of pyridine rings is 1. The molecule has 1 aliphatic rings. The molecule has 0 atom stereocenters. The lowest BCUT2D eigenvalue weighted by atomic mass is 9.92. The summed E-state index contributed by atoms with van der Waals surface area (Å²) >= 11 is 0. The van der Waals surface area contributed by atoms with E-state index in [-0.39, 0.29) is 5.78 Å². The minimum atomic E-state index is 0.0586. The highest BCUT2D eigenvalue weighted by Gasteiger charge is 2.27. The van der Waals surface area contributed by atoms with E-state index in [0.29, 0.717) is 11.6 Å². The lowest BCUT2D eigenvalue weighted by molar-refractivity contribution is 0.101. The van der Waals surface area contributed by atoms with Gasteiger partial charge in [0.15, 0.2) is 5.78 Å². The number of rotatable bonds is 6. The van der Waals surface area contributed by atoms with Crippen molar-refractivity contribution in [2.75, 3.05) is 25.7 Å². The summed E-state index contributed by atoms with van der Waals surface area (Å²) in [6, 6.07) is 13.1. The molecule has 1 saturated carbocycles. The van der Waals surface area contributed by atoms with E-state index in [2.05, 4.69) is 69.2 Å². The summed E-state index contributed by atoms with van der Waals surface area (Å²) < 4.78 is 0. The molecule has 1 aliphatic carbocycles. The van der Waals surface area contributed by atoms with Gasteiger partial charge in [-0.3, -0.25) is 14.7 Å². The van der Waals surface area contributed by atoms with E-state index in [1.54, 1.807) is 19.4 Å². The summed E-state index contributed by atoms with van der Waals surface area (Å²) in [7, 11) is 4.19. The summed E-state index contributed by atoms with van der Waals surface area (Å²) in [6.45, 7) is 2.42. The highest BCUT2D eigenvalue weighted by atomic mass is 16.1. The molecule has 2 heterocycles. The Kier molecular flexibility index (Phi) is 5.85. The second-order valence-corrected chi connectivity index (χ2v) is 9.43. The van der Waals surface area contributed by atoms with Gasteiger partial charge < -0.3 is 9.88 Å². The number of aromatic amines is 1. The normalized spacial score (nSPS) is 14.9. The van der Waals surface area contributed by atoms with Crippen LogP contribution in [0.5, 0.6) is 0 Å². The third-order valence-corrected chi connectivity index (χ3v) is 6.71. The summed E-state index contributed by atoms with van der Waals surface area (Å²) in [4.78, 5) is 29.6. The van der Waals surface area contributed by atoms with Crippen LogP contribution in [0.4, 0.5) is 5.69 Å². The Morgan fingerprint density at radius 2 is 1.73 bits per heavy atom. The topological polar surface area (TPSA) is 65.1 Å². The second kappa shape index (κ2) is 8.94. The Morgan fingerprint density at radius 1 is 1.00 bits per heavy atom. The number of imidazole rings is 1. The average molecular weight is 442 g/mol. The van der Waals surface area contributed by atoms with Crippen LogP contribution < -0.4 is 4.90 Å². The Hall–Kier alpha value is -3.25. The fourth-order valence-corrected chi connectivity index (χ4v) is 5.11. The number of hydrogen-bond donors (Lipinski definition) is 1. The number of nitrogens with zero attached hydrogens (tertiary/aromatic N) is 4. The number of ketones is 1. The Bertz CT molecular complexity index is 1300. The molecule has 4 aromatic rings. The number of anilines is 1. The largest absolute Gasteiger partial charge is 0.354 e. The molecule has 2 aromatic heterocycles. The average Bonchev–Trinajstić information content (AvgIpc) is 3.30. The number of benzene rings is 2. The van der Waals surface area contributed by atoms with E-state index < -0.39 is 0 Å². The summed E-state index contributed by atoms with van der Waals surface area (Å²) in [6.07, 6.45) is 9.57. The van der Waals surface area contributed by atoms with E-state index in [1.165, 1.54) is 19.3 Å². The van der Waals surface area contributed by atoms with Gasteiger partial charge in [-0.25, -0.2) is 4.98 Å². The van der Waals surface area contributed by atoms with Crippen LogP contribution in [0.25, 0.3) is 33.1 Å². The van der Waals surface area contributed by atoms with Gasteiger partial charge in [0.2, 0.25) is 0 Å². The zero-order valence-corrected chi connectivity index (χ0v) is 19.6. The Labute approximate surface area is 194 Å². The van der Waals surface area contributed by atoms with Crippen molar-refractivity contribution in [3.05, 3.63) is 54.5 Å². The first-order valence-corrected chi connectivity index (χ1v) is 11.8. The highest BCUT2D eigenvalue weighted by molar-refractivity contribution is 6.08. The number of Topliss-reactive ketones (excluding diaryl/α,β-unsaturated/α-hetero) is 1. The quantitative estimate of drug-likeness (QED) is 0.310. The van der Waals surface area contributed by atoms with E-state index in [0.717, 1.165) is 58.3 Å². The number of aromatic nitrogens is 3. The van der Waals surface area contributed by atoms with Gasteiger partial charge in [-0.1, -0.05) is 31.4 Å². The van der Waals surface area contributed by atoms with Crippen LogP contribution in [0.15, 0.2) is 48.9 Å². The van der Waals surface area contributed by atoms with Crippen LogP contribution >= 0.6 is 0 Å². The van der Waals surface area contributed by atoms with Crippen molar-refractivity contribution in [1.29, 1.82) is 0 Å². The van der Waals surface area contributed by atoms with Gasteiger partial charge >= 0.3 is 0 Å².